The highest BCUT2D eigenvalue weighted by atomic mass is 32.1. The van der Waals surface area contributed by atoms with Gasteiger partial charge in [0.25, 0.3) is 0 Å². The van der Waals surface area contributed by atoms with Crippen LogP contribution in [0.3, 0.4) is 0 Å². The Hall–Kier alpha value is -1.26. The third kappa shape index (κ3) is 3.25. The summed E-state index contributed by atoms with van der Waals surface area (Å²) in [6, 6.07) is 9.98. The fourth-order valence-corrected chi connectivity index (χ4v) is 3.90. The highest BCUT2D eigenvalue weighted by molar-refractivity contribution is 7.11. The summed E-state index contributed by atoms with van der Waals surface area (Å²) in [7, 11) is 0. The van der Waals surface area contributed by atoms with Gasteiger partial charge in [0.15, 0.2) is 0 Å². The summed E-state index contributed by atoms with van der Waals surface area (Å²) in [6.45, 7) is 0. The van der Waals surface area contributed by atoms with Crippen molar-refractivity contribution in [1.82, 2.24) is 10.2 Å². The fourth-order valence-electron chi connectivity index (χ4n) is 2.92. The number of nitrogens with two attached hydrogens (primary N) is 1. The van der Waals surface area contributed by atoms with Gasteiger partial charge in [0.1, 0.15) is 10.0 Å². The molecule has 1 heterocycles. The lowest BCUT2D eigenvalue weighted by atomic mass is 9.87. The smallest absolute Gasteiger partial charge is 0.138 e. The van der Waals surface area contributed by atoms with Crippen molar-refractivity contribution in [2.24, 2.45) is 11.7 Å². The van der Waals surface area contributed by atoms with Crippen LogP contribution in [-0.2, 0) is 6.42 Å². The molecule has 2 N–H and O–H groups in total. The average molecular weight is 287 g/mol. The topological polar surface area (TPSA) is 51.8 Å². The first-order valence-electron chi connectivity index (χ1n) is 7.46. The van der Waals surface area contributed by atoms with E-state index in [1.54, 1.807) is 11.3 Å². The van der Waals surface area contributed by atoms with E-state index in [9.17, 15) is 0 Å². The molecule has 1 aromatic heterocycles. The summed E-state index contributed by atoms with van der Waals surface area (Å²) >= 11 is 1.68. The zero-order valence-corrected chi connectivity index (χ0v) is 12.5. The molecule has 0 aliphatic heterocycles. The molecule has 2 aromatic rings. The molecule has 1 fully saturated rings. The molecule has 0 radical (unpaired) electrons. The Balaban J connectivity index is 1.67. The molecule has 1 aromatic carbocycles. The number of nitrogens with zero attached hydrogens (tertiary/aromatic N) is 2. The molecule has 0 bridgehead atoms. The minimum absolute atomic E-state index is 0.145. The van der Waals surface area contributed by atoms with Crippen LogP contribution in [0.5, 0.6) is 0 Å². The maximum atomic E-state index is 6.27. The third-order valence-electron chi connectivity index (χ3n) is 4.10. The zero-order valence-electron chi connectivity index (χ0n) is 11.7. The Morgan fingerprint density at radius 3 is 2.60 bits per heavy atom. The molecular formula is C16H21N3S. The molecule has 1 unspecified atom stereocenters. The maximum absolute atomic E-state index is 6.27. The lowest BCUT2D eigenvalue weighted by Gasteiger charge is -2.19. The molecule has 3 nitrogen and oxygen atoms in total. The second kappa shape index (κ2) is 6.46. The number of aromatic nitrogens is 2. The normalized spacial score (nSPS) is 18.1. The minimum atomic E-state index is -0.145. The highest BCUT2D eigenvalue weighted by Crippen LogP contribution is 2.29. The first-order chi connectivity index (χ1) is 9.83. The van der Waals surface area contributed by atoms with Crippen molar-refractivity contribution in [1.29, 1.82) is 0 Å². The van der Waals surface area contributed by atoms with Gasteiger partial charge < -0.3 is 5.73 Å². The van der Waals surface area contributed by atoms with E-state index >= 15 is 0 Å². The maximum Gasteiger partial charge on any atom is 0.138 e. The Kier molecular flexibility index (Phi) is 4.43. The fraction of sp³-hybridized carbons (Fsp3) is 0.500. The summed E-state index contributed by atoms with van der Waals surface area (Å²) in [5.41, 5.74) is 7.38. The van der Waals surface area contributed by atoms with E-state index in [1.807, 2.05) is 30.3 Å². The molecule has 4 heteroatoms. The van der Waals surface area contributed by atoms with Crippen molar-refractivity contribution in [2.45, 2.75) is 44.6 Å². The second-order valence-corrected chi connectivity index (χ2v) is 6.72. The summed E-state index contributed by atoms with van der Waals surface area (Å²) in [5.74, 6) is 0.803. The van der Waals surface area contributed by atoms with Crippen molar-refractivity contribution in [3.8, 4) is 0 Å². The standard InChI is InChI=1S/C16H21N3S/c17-15(13-9-5-2-6-10-13)16-19-18-14(20-16)11-12-7-3-1-4-8-12/h2,5-6,9-10,12,15H,1,3-4,7-8,11,17H2. The van der Waals surface area contributed by atoms with Crippen LogP contribution in [0, 0.1) is 5.92 Å². The monoisotopic (exact) mass is 287 g/mol. The molecule has 1 aliphatic carbocycles. The summed E-state index contributed by atoms with van der Waals surface area (Å²) in [6.07, 6.45) is 7.93. The zero-order chi connectivity index (χ0) is 13.8. The van der Waals surface area contributed by atoms with E-state index in [0.29, 0.717) is 0 Å². The molecule has 1 atom stereocenters. The SMILES string of the molecule is NC(c1ccccc1)c1nnc(CC2CCCCC2)s1. The van der Waals surface area contributed by atoms with Crippen LogP contribution < -0.4 is 5.73 Å². The van der Waals surface area contributed by atoms with Gasteiger partial charge in [-0.1, -0.05) is 73.8 Å². The van der Waals surface area contributed by atoms with Gasteiger partial charge in [-0.15, -0.1) is 10.2 Å². The molecular weight excluding hydrogens is 266 g/mol. The Labute approximate surface area is 124 Å². The Morgan fingerprint density at radius 1 is 1.10 bits per heavy atom. The molecule has 0 spiro atoms. The number of hydrogen-bond acceptors (Lipinski definition) is 4. The molecule has 1 saturated carbocycles. The van der Waals surface area contributed by atoms with Gasteiger partial charge in [-0.3, -0.25) is 0 Å². The van der Waals surface area contributed by atoms with Gasteiger partial charge in [-0.25, -0.2) is 0 Å². The summed E-state index contributed by atoms with van der Waals surface area (Å²) in [5, 5.41) is 10.7. The van der Waals surface area contributed by atoms with Crippen molar-refractivity contribution in [3.05, 3.63) is 45.9 Å². The van der Waals surface area contributed by atoms with Crippen LogP contribution in [0.25, 0.3) is 0 Å². The van der Waals surface area contributed by atoms with Gasteiger partial charge in [0.2, 0.25) is 0 Å². The minimum Gasteiger partial charge on any atom is -0.318 e. The van der Waals surface area contributed by atoms with Crippen molar-refractivity contribution in [3.63, 3.8) is 0 Å². The largest absolute Gasteiger partial charge is 0.318 e. The van der Waals surface area contributed by atoms with Crippen LogP contribution in [-0.4, -0.2) is 10.2 Å². The quantitative estimate of drug-likeness (QED) is 0.932. The highest BCUT2D eigenvalue weighted by Gasteiger charge is 2.18. The van der Waals surface area contributed by atoms with E-state index < -0.39 is 0 Å². The Morgan fingerprint density at radius 2 is 1.85 bits per heavy atom. The van der Waals surface area contributed by atoms with Crippen molar-refractivity contribution < 1.29 is 0 Å². The third-order valence-corrected chi connectivity index (χ3v) is 5.12. The van der Waals surface area contributed by atoms with E-state index in [1.165, 1.54) is 32.1 Å². The predicted octanol–water partition coefficient (Wildman–Crippen LogP) is 3.71. The molecule has 3 rings (SSSR count). The van der Waals surface area contributed by atoms with E-state index in [4.69, 9.17) is 5.73 Å². The number of rotatable bonds is 4. The molecule has 0 saturated heterocycles. The van der Waals surface area contributed by atoms with Crippen LogP contribution >= 0.6 is 11.3 Å². The lowest BCUT2D eigenvalue weighted by Crippen LogP contribution is -2.11. The summed E-state index contributed by atoms with van der Waals surface area (Å²) in [4.78, 5) is 0. The second-order valence-electron chi connectivity index (χ2n) is 5.63. The summed E-state index contributed by atoms with van der Waals surface area (Å²) < 4.78 is 0. The van der Waals surface area contributed by atoms with E-state index in [2.05, 4.69) is 10.2 Å². The van der Waals surface area contributed by atoms with Gasteiger partial charge in [0.05, 0.1) is 6.04 Å². The molecule has 106 valence electrons. The van der Waals surface area contributed by atoms with Crippen molar-refractivity contribution in [2.75, 3.05) is 0 Å². The van der Waals surface area contributed by atoms with Gasteiger partial charge in [-0.2, -0.15) is 0 Å². The van der Waals surface area contributed by atoms with Crippen LogP contribution in [0.15, 0.2) is 30.3 Å². The van der Waals surface area contributed by atoms with Crippen molar-refractivity contribution >= 4 is 11.3 Å². The lowest BCUT2D eigenvalue weighted by molar-refractivity contribution is 0.356. The molecule has 20 heavy (non-hydrogen) atoms. The predicted molar refractivity (Wildman–Crippen MR) is 82.7 cm³/mol. The van der Waals surface area contributed by atoms with Crippen LogP contribution in [0.1, 0.15) is 53.7 Å². The first-order valence-corrected chi connectivity index (χ1v) is 8.27. The van der Waals surface area contributed by atoms with Gasteiger partial charge >= 0.3 is 0 Å². The molecule has 0 amide bonds. The average Bonchev–Trinajstić information content (AvgIpc) is 2.97. The van der Waals surface area contributed by atoms with Gasteiger partial charge in [-0.05, 0) is 11.5 Å². The van der Waals surface area contributed by atoms with E-state index in [-0.39, 0.29) is 6.04 Å². The Bertz CT molecular complexity index is 532. The van der Waals surface area contributed by atoms with Crippen LogP contribution in [0.2, 0.25) is 0 Å². The van der Waals surface area contributed by atoms with E-state index in [0.717, 1.165) is 27.9 Å². The number of benzene rings is 1. The molecule has 1 aliphatic rings. The van der Waals surface area contributed by atoms with Crippen LogP contribution in [0.4, 0.5) is 0 Å². The number of hydrogen-bond donors (Lipinski definition) is 1. The first kappa shape index (κ1) is 13.7. The van der Waals surface area contributed by atoms with Gasteiger partial charge in [0, 0.05) is 6.42 Å².